The van der Waals surface area contributed by atoms with Crippen molar-refractivity contribution in [1.29, 1.82) is 0 Å². The summed E-state index contributed by atoms with van der Waals surface area (Å²) in [5.74, 6) is -0.996. The third-order valence-corrected chi connectivity index (χ3v) is 7.59. The summed E-state index contributed by atoms with van der Waals surface area (Å²) in [6, 6.07) is 0. The van der Waals surface area contributed by atoms with Gasteiger partial charge in [0, 0.05) is 13.3 Å². The van der Waals surface area contributed by atoms with Crippen molar-refractivity contribution in [3.05, 3.63) is 12.2 Å². The molecule has 2 atom stereocenters. The van der Waals surface area contributed by atoms with Crippen LogP contribution in [0.2, 0.25) is 0 Å². The molecule has 41 heavy (non-hydrogen) atoms. The molecule has 0 bridgehead atoms. The molecule has 0 radical (unpaired) electrons. The summed E-state index contributed by atoms with van der Waals surface area (Å²) in [5.41, 5.74) is 0. The Morgan fingerprint density at radius 3 is 1.80 bits per heavy atom. The number of quaternary nitrogens is 1. The van der Waals surface area contributed by atoms with Crippen molar-refractivity contribution < 1.29 is 42.1 Å². The Morgan fingerprint density at radius 2 is 1.29 bits per heavy atom. The number of hydrogen-bond acceptors (Lipinski definition) is 7. The first-order valence-electron chi connectivity index (χ1n) is 15.9. The first-order chi connectivity index (χ1) is 19.4. The lowest BCUT2D eigenvalue weighted by Crippen LogP contribution is -2.37. The van der Waals surface area contributed by atoms with Crippen molar-refractivity contribution in [2.75, 3.05) is 47.5 Å². The number of allylic oxidation sites excluding steroid dienone is 2. The fourth-order valence-electron chi connectivity index (χ4n) is 4.09. The molecule has 0 saturated carbocycles. The topological polar surface area (TPSA) is 108 Å². The van der Waals surface area contributed by atoms with E-state index in [1.54, 1.807) is 0 Å². The van der Waals surface area contributed by atoms with Crippen molar-refractivity contribution >= 4 is 19.8 Å². The number of esters is 2. The van der Waals surface area contributed by atoms with Gasteiger partial charge >= 0.3 is 19.8 Å². The quantitative estimate of drug-likeness (QED) is 0.0321. The molecule has 0 aliphatic rings. The van der Waals surface area contributed by atoms with Gasteiger partial charge in [-0.3, -0.25) is 18.6 Å². The Labute approximate surface area is 250 Å². The standard InChI is InChI=1S/C31H60NO8P/c1-6-7-8-9-10-11-12-13-14-15-16-17-18-19-20-21-22-23-24-31(34)40-30(27-37-29(2)33)28-39-41(35,36)38-26-25-32(3,4)5/h14-15,30H,6-13,16-28H2,1-5H3/p+1/b15-14-. The van der Waals surface area contributed by atoms with Crippen LogP contribution in [0.1, 0.15) is 123 Å². The highest BCUT2D eigenvalue weighted by atomic mass is 31.2. The molecule has 0 aromatic heterocycles. The van der Waals surface area contributed by atoms with Gasteiger partial charge in [-0.2, -0.15) is 0 Å². The lowest BCUT2D eigenvalue weighted by Gasteiger charge is -2.24. The van der Waals surface area contributed by atoms with E-state index in [4.69, 9.17) is 18.5 Å². The van der Waals surface area contributed by atoms with Crippen molar-refractivity contribution in [2.45, 2.75) is 129 Å². The first kappa shape index (κ1) is 39.8. The van der Waals surface area contributed by atoms with Gasteiger partial charge < -0.3 is 18.9 Å². The van der Waals surface area contributed by atoms with Crippen LogP contribution in [0.5, 0.6) is 0 Å². The molecule has 0 spiro atoms. The average molecular weight is 607 g/mol. The van der Waals surface area contributed by atoms with Gasteiger partial charge in [0.15, 0.2) is 6.10 Å². The van der Waals surface area contributed by atoms with Crippen molar-refractivity contribution in [3.63, 3.8) is 0 Å². The van der Waals surface area contributed by atoms with Gasteiger partial charge in [-0.25, -0.2) is 4.57 Å². The molecule has 0 aliphatic carbocycles. The van der Waals surface area contributed by atoms with Gasteiger partial charge in [0.05, 0.1) is 27.7 Å². The molecule has 0 heterocycles. The number of ether oxygens (including phenoxy) is 2. The van der Waals surface area contributed by atoms with Gasteiger partial charge in [-0.05, 0) is 32.1 Å². The van der Waals surface area contributed by atoms with Crippen LogP contribution in [0.25, 0.3) is 0 Å². The molecule has 0 aliphatic heterocycles. The van der Waals surface area contributed by atoms with Gasteiger partial charge in [-0.15, -0.1) is 0 Å². The van der Waals surface area contributed by atoms with E-state index in [1.807, 2.05) is 21.1 Å². The highest BCUT2D eigenvalue weighted by molar-refractivity contribution is 7.47. The molecule has 2 unspecified atom stereocenters. The van der Waals surface area contributed by atoms with E-state index in [0.29, 0.717) is 17.4 Å². The highest BCUT2D eigenvalue weighted by Gasteiger charge is 2.26. The van der Waals surface area contributed by atoms with E-state index in [9.17, 15) is 19.0 Å². The number of carbonyl (C=O) groups is 2. The molecule has 0 saturated heterocycles. The maximum absolute atomic E-state index is 12.3. The van der Waals surface area contributed by atoms with E-state index < -0.39 is 32.5 Å². The number of hydrogen-bond donors (Lipinski definition) is 1. The fourth-order valence-corrected chi connectivity index (χ4v) is 4.83. The van der Waals surface area contributed by atoms with Gasteiger partial charge in [-0.1, -0.05) is 89.7 Å². The Morgan fingerprint density at radius 1 is 0.780 bits per heavy atom. The van der Waals surface area contributed by atoms with E-state index in [0.717, 1.165) is 25.7 Å². The van der Waals surface area contributed by atoms with Crippen LogP contribution in [0.15, 0.2) is 12.2 Å². The number of likely N-dealkylation sites (N-methyl/N-ethyl adjacent to an activating group) is 1. The number of unbranched alkanes of at least 4 members (excludes halogenated alkanes) is 14. The molecular formula is C31H61NO8P+. The molecule has 0 fully saturated rings. The molecule has 1 N–H and O–H groups in total. The van der Waals surface area contributed by atoms with E-state index in [-0.39, 0.29) is 19.6 Å². The monoisotopic (exact) mass is 606 g/mol. The first-order valence-corrected chi connectivity index (χ1v) is 17.3. The van der Waals surface area contributed by atoms with Gasteiger partial charge in [0.2, 0.25) is 0 Å². The molecule has 0 rings (SSSR count). The third kappa shape index (κ3) is 30.0. The third-order valence-electron chi connectivity index (χ3n) is 6.60. The molecule has 9 nitrogen and oxygen atoms in total. The normalized spacial score (nSPS) is 14.2. The maximum atomic E-state index is 12.3. The second kappa shape index (κ2) is 25.3. The summed E-state index contributed by atoms with van der Waals surface area (Å²) < 4.78 is 32.9. The van der Waals surface area contributed by atoms with Crippen LogP contribution >= 0.6 is 7.82 Å². The number of phosphoric ester groups is 1. The second-order valence-corrected chi connectivity index (χ2v) is 13.4. The van der Waals surface area contributed by atoms with Crippen molar-refractivity contribution in [2.24, 2.45) is 0 Å². The smallest absolute Gasteiger partial charge is 0.462 e. The largest absolute Gasteiger partial charge is 0.472 e. The lowest BCUT2D eigenvalue weighted by atomic mass is 10.1. The molecule has 10 heteroatoms. The Balaban J connectivity index is 3.94. The van der Waals surface area contributed by atoms with Crippen LogP contribution in [0, 0.1) is 0 Å². The van der Waals surface area contributed by atoms with Crippen LogP contribution in [0.3, 0.4) is 0 Å². The Hall–Kier alpha value is -1.25. The zero-order valence-corrected chi connectivity index (χ0v) is 27.7. The van der Waals surface area contributed by atoms with Crippen molar-refractivity contribution in [3.8, 4) is 0 Å². The molecule has 0 aromatic rings. The highest BCUT2D eigenvalue weighted by Crippen LogP contribution is 2.43. The predicted molar refractivity (Wildman–Crippen MR) is 164 cm³/mol. The van der Waals surface area contributed by atoms with E-state index in [2.05, 4.69) is 19.1 Å². The van der Waals surface area contributed by atoms with E-state index in [1.165, 1.54) is 77.6 Å². The van der Waals surface area contributed by atoms with Gasteiger partial charge in [0.25, 0.3) is 0 Å². The Bertz CT molecular complexity index is 738. The minimum Gasteiger partial charge on any atom is -0.462 e. The predicted octanol–water partition coefficient (Wildman–Crippen LogP) is 7.51. The van der Waals surface area contributed by atoms with Crippen LogP contribution in [0.4, 0.5) is 0 Å². The lowest BCUT2D eigenvalue weighted by molar-refractivity contribution is -0.870. The van der Waals surface area contributed by atoms with Gasteiger partial charge in [0.1, 0.15) is 19.8 Å². The second-order valence-electron chi connectivity index (χ2n) is 11.9. The summed E-state index contributed by atoms with van der Waals surface area (Å²) in [6.07, 6.45) is 23.3. The van der Waals surface area contributed by atoms with Crippen molar-refractivity contribution in [1.82, 2.24) is 0 Å². The zero-order valence-electron chi connectivity index (χ0n) is 26.8. The maximum Gasteiger partial charge on any atom is 0.472 e. The zero-order chi connectivity index (χ0) is 30.8. The molecule has 0 aromatic carbocycles. The number of rotatable bonds is 28. The summed E-state index contributed by atoms with van der Waals surface area (Å²) in [5, 5.41) is 0. The van der Waals surface area contributed by atoms with Crippen LogP contribution in [-0.2, 0) is 32.7 Å². The number of phosphoric acid groups is 1. The van der Waals surface area contributed by atoms with Crippen LogP contribution in [-0.4, -0.2) is 74.9 Å². The van der Waals surface area contributed by atoms with E-state index >= 15 is 0 Å². The number of nitrogens with zero attached hydrogens (tertiary/aromatic N) is 1. The minimum atomic E-state index is -4.33. The average Bonchev–Trinajstić information content (AvgIpc) is 2.88. The molecular weight excluding hydrogens is 545 g/mol. The SMILES string of the molecule is CCCCCCCCC/C=C\CCCCCCCCCC(=O)OC(COC(C)=O)COP(=O)(O)OCC[N+](C)(C)C. The molecule has 242 valence electrons. The Kier molecular flexibility index (Phi) is 24.5. The summed E-state index contributed by atoms with van der Waals surface area (Å²) in [7, 11) is 1.46. The number of carbonyl (C=O) groups excluding carboxylic acids is 2. The molecule has 0 amide bonds. The fraction of sp³-hybridized carbons (Fsp3) is 0.871. The summed E-state index contributed by atoms with van der Waals surface area (Å²) >= 11 is 0. The summed E-state index contributed by atoms with van der Waals surface area (Å²) in [4.78, 5) is 33.4. The minimum absolute atomic E-state index is 0.0298. The summed E-state index contributed by atoms with van der Waals surface area (Å²) in [6.45, 7) is 3.37. The van der Waals surface area contributed by atoms with Crippen LogP contribution < -0.4 is 0 Å².